The van der Waals surface area contributed by atoms with E-state index in [9.17, 15) is 9.59 Å². The Labute approximate surface area is 274 Å². The van der Waals surface area contributed by atoms with Crippen molar-refractivity contribution in [3.05, 3.63) is 0 Å². The molecule has 0 radical (unpaired) electrons. The first-order chi connectivity index (χ1) is 21.5. The van der Waals surface area contributed by atoms with Gasteiger partial charge < -0.3 is 28.6 Å². The van der Waals surface area contributed by atoms with Crippen molar-refractivity contribution in [1.82, 2.24) is 4.90 Å². The number of fused-ring (bicyclic) bond motifs is 4. The fourth-order valence-electron chi connectivity index (χ4n) is 8.61. The zero-order valence-electron chi connectivity index (χ0n) is 29.9. The molecule has 0 aromatic heterocycles. The molecule has 0 amide bonds. The highest BCUT2D eigenvalue weighted by atomic mass is 16.6. The average Bonchev–Trinajstić information content (AvgIpc) is 3.79. The van der Waals surface area contributed by atoms with Gasteiger partial charge in [-0.25, -0.2) is 0 Å². The summed E-state index contributed by atoms with van der Waals surface area (Å²) >= 11 is 0. The van der Waals surface area contributed by atoms with Crippen LogP contribution in [0.5, 0.6) is 0 Å². The molecule has 14 atom stereocenters. The number of ether oxygens (including phenoxy) is 5. The maximum Gasteiger partial charge on any atom is 0.311 e. The summed E-state index contributed by atoms with van der Waals surface area (Å²) in [6.07, 6.45) is 10.2. The Kier molecular flexibility index (Phi) is 13.6. The van der Waals surface area contributed by atoms with E-state index in [-0.39, 0.29) is 90.4 Å². The molecular weight excluding hydrogens is 570 g/mol. The Morgan fingerprint density at radius 3 is 2.04 bits per heavy atom. The number of rotatable bonds is 10. The van der Waals surface area contributed by atoms with E-state index in [0.29, 0.717) is 12.5 Å². The molecule has 0 aromatic rings. The molecule has 4 aliphatic heterocycles. The van der Waals surface area contributed by atoms with Crippen LogP contribution in [0.15, 0.2) is 0 Å². The van der Waals surface area contributed by atoms with Gasteiger partial charge in [-0.1, -0.05) is 54.4 Å². The SMILES string of the molecule is CCCC1OC(=O)C(CC)C2CCC(O2)C(C)C(C(C)C2CCC(CC(CCC)N(C)C)O2)OC(=O)C(C)C2CCC(O2)C1C. The van der Waals surface area contributed by atoms with Crippen molar-refractivity contribution in [2.75, 3.05) is 14.1 Å². The number of cyclic esters (lactones) is 2. The minimum absolute atomic E-state index is 0.0191. The van der Waals surface area contributed by atoms with Crippen molar-refractivity contribution in [1.29, 1.82) is 0 Å². The highest BCUT2D eigenvalue weighted by molar-refractivity contribution is 5.73. The molecule has 260 valence electrons. The predicted octanol–water partition coefficient (Wildman–Crippen LogP) is 6.96. The average molecular weight is 636 g/mol. The van der Waals surface area contributed by atoms with Crippen molar-refractivity contribution < 1.29 is 33.3 Å². The molecule has 4 heterocycles. The molecular formula is C37H65NO7. The zero-order chi connectivity index (χ0) is 32.8. The Balaban J connectivity index is 1.55. The number of hydrogen-bond donors (Lipinski definition) is 0. The number of nitrogens with zero attached hydrogens (tertiary/aromatic N) is 1. The van der Waals surface area contributed by atoms with Crippen LogP contribution in [0.3, 0.4) is 0 Å². The van der Waals surface area contributed by atoms with Gasteiger partial charge in [0.05, 0.1) is 48.5 Å². The highest BCUT2D eigenvalue weighted by Gasteiger charge is 2.47. The van der Waals surface area contributed by atoms with E-state index in [0.717, 1.165) is 70.6 Å². The lowest BCUT2D eigenvalue weighted by molar-refractivity contribution is -0.177. The van der Waals surface area contributed by atoms with Crippen molar-refractivity contribution in [2.24, 2.45) is 29.6 Å². The zero-order valence-corrected chi connectivity index (χ0v) is 29.9. The summed E-state index contributed by atoms with van der Waals surface area (Å²) in [4.78, 5) is 29.8. The summed E-state index contributed by atoms with van der Waals surface area (Å²) in [7, 11) is 4.32. The third kappa shape index (κ3) is 8.83. The van der Waals surface area contributed by atoms with E-state index in [2.05, 4.69) is 60.5 Å². The van der Waals surface area contributed by atoms with Crippen molar-refractivity contribution in [2.45, 2.75) is 180 Å². The van der Waals surface area contributed by atoms with Gasteiger partial charge in [-0.15, -0.1) is 0 Å². The molecule has 8 nitrogen and oxygen atoms in total. The van der Waals surface area contributed by atoms with Gasteiger partial charge >= 0.3 is 11.9 Å². The lowest BCUT2D eigenvalue weighted by atomic mass is 9.84. The predicted molar refractivity (Wildman–Crippen MR) is 176 cm³/mol. The fourth-order valence-corrected chi connectivity index (χ4v) is 8.61. The van der Waals surface area contributed by atoms with Gasteiger partial charge in [-0.2, -0.15) is 0 Å². The summed E-state index contributed by atoms with van der Waals surface area (Å²) in [6, 6.07) is 0.506. The topological polar surface area (TPSA) is 83.5 Å². The van der Waals surface area contributed by atoms with Crippen LogP contribution in [0.4, 0.5) is 0 Å². The van der Waals surface area contributed by atoms with Crippen LogP contribution in [0.1, 0.15) is 126 Å². The van der Waals surface area contributed by atoms with Crippen LogP contribution in [-0.2, 0) is 33.3 Å². The van der Waals surface area contributed by atoms with Gasteiger partial charge in [0.25, 0.3) is 0 Å². The van der Waals surface area contributed by atoms with E-state index in [1.54, 1.807) is 0 Å². The summed E-state index contributed by atoms with van der Waals surface area (Å²) in [6.45, 7) is 14.8. The van der Waals surface area contributed by atoms with E-state index in [1.807, 2.05) is 6.92 Å². The molecule has 0 aromatic carbocycles. The molecule has 0 aliphatic carbocycles. The highest BCUT2D eigenvalue weighted by Crippen LogP contribution is 2.40. The molecule has 0 spiro atoms. The molecule has 4 rings (SSSR count). The van der Waals surface area contributed by atoms with E-state index in [1.165, 1.54) is 0 Å². The number of hydrogen-bond acceptors (Lipinski definition) is 8. The third-order valence-corrected chi connectivity index (χ3v) is 11.8. The maximum atomic E-state index is 13.9. The molecule has 0 saturated carbocycles. The van der Waals surface area contributed by atoms with Crippen molar-refractivity contribution in [3.8, 4) is 0 Å². The van der Waals surface area contributed by atoms with Crippen LogP contribution in [0, 0.1) is 29.6 Å². The Morgan fingerprint density at radius 2 is 1.40 bits per heavy atom. The molecule has 45 heavy (non-hydrogen) atoms. The Bertz CT molecular complexity index is 944. The van der Waals surface area contributed by atoms with Gasteiger partial charge in [0.2, 0.25) is 0 Å². The molecule has 4 bridgehead atoms. The first-order valence-electron chi connectivity index (χ1n) is 18.5. The van der Waals surface area contributed by atoms with E-state index in [4.69, 9.17) is 23.7 Å². The molecule has 4 aliphatic rings. The van der Waals surface area contributed by atoms with Gasteiger partial charge in [-0.3, -0.25) is 9.59 Å². The number of esters is 2. The first kappa shape index (κ1) is 36.6. The quantitative estimate of drug-likeness (QED) is 0.238. The van der Waals surface area contributed by atoms with Crippen LogP contribution >= 0.6 is 0 Å². The Morgan fingerprint density at radius 1 is 0.756 bits per heavy atom. The van der Waals surface area contributed by atoms with Crippen LogP contribution in [-0.4, -0.2) is 85.8 Å². The van der Waals surface area contributed by atoms with Crippen LogP contribution < -0.4 is 0 Å². The maximum absolute atomic E-state index is 13.9. The second kappa shape index (κ2) is 16.7. The summed E-state index contributed by atoms with van der Waals surface area (Å²) in [5.41, 5.74) is 0. The third-order valence-electron chi connectivity index (χ3n) is 11.8. The first-order valence-corrected chi connectivity index (χ1v) is 18.5. The van der Waals surface area contributed by atoms with Crippen LogP contribution in [0.2, 0.25) is 0 Å². The summed E-state index contributed by atoms with van der Waals surface area (Å²) in [5, 5.41) is 0. The lowest BCUT2D eigenvalue weighted by Gasteiger charge is -2.37. The minimum Gasteiger partial charge on any atom is -0.462 e. The van der Waals surface area contributed by atoms with Gasteiger partial charge in [0, 0.05) is 23.8 Å². The summed E-state index contributed by atoms with van der Waals surface area (Å²) < 4.78 is 32.8. The molecule has 4 fully saturated rings. The van der Waals surface area contributed by atoms with Crippen LogP contribution in [0.25, 0.3) is 0 Å². The monoisotopic (exact) mass is 635 g/mol. The normalized spacial score (nSPS) is 41.2. The van der Waals surface area contributed by atoms with E-state index >= 15 is 0 Å². The largest absolute Gasteiger partial charge is 0.462 e. The van der Waals surface area contributed by atoms with E-state index < -0.39 is 0 Å². The fraction of sp³-hybridized carbons (Fsp3) is 0.946. The molecule has 14 unspecified atom stereocenters. The number of carbonyl (C=O) groups excluding carboxylic acids is 2. The minimum atomic E-state index is -0.377. The summed E-state index contributed by atoms with van der Waals surface area (Å²) in [5.74, 6) is -0.976. The molecule has 0 N–H and O–H groups in total. The standard InChI is InChI=1S/C37H65NO7/c1-10-13-26(38(8)9)21-27-15-16-31(41-27)23(5)35-24(6)32-19-20-34(43-32)28(12-3)37(40)44-29(14-11-2)22(4)30-17-18-33(42-30)25(7)36(39)45-35/h22-35H,10-21H2,1-9H3. The van der Waals surface area contributed by atoms with Gasteiger partial charge in [0.1, 0.15) is 12.2 Å². The second-order valence-electron chi connectivity index (χ2n) is 15.1. The second-order valence-corrected chi connectivity index (χ2v) is 15.1. The lowest BCUT2D eigenvalue weighted by Crippen LogP contribution is -2.45. The van der Waals surface area contributed by atoms with Crippen molar-refractivity contribution in [3.63, 3.8) is 0 Å². The Hall–Kier alpha value is -1.22. The molecule has 8 heteroatoms. The van der Waals surface area contributed by atoms with Gasteiger partial charge in [-0.05, 0) is 85.2 Å². The molecule has 4 saturated heterocycles. The van der Waals surface area contributed by atoms with Crippen molar-refractivity contribution >= 4 is 11.9 Å². The smallest absolute Gasteiger partial charge is 0.311 e. The van der Waals surface area contributed by atoms with Gasteiger partial charge in [0.15, 0.2) is 0 Å². The number of carbonyl (C=O) groups is 2.